The van der Waals surface area contributed by atoms with Gasteiger partial charge in [-0.1, -0.05) is 11.3 Å². The zero-order chi connectivity index (χ0) is 17.4. The summed E-state index contributed by atoms with van der Waals surface area (Å²) >= 11 is 2.70. The molecule has 128 valence electrons. The Morgan fingerprint density at radius 3 is 2.75 bits per heavy atom. The maximum Gasteiger partial charge on any atom is 0.349 e. The van der Waals surface area contributed by atoms with E-state index < -0.39 is 24.0 Å². The van der Waals surface area contributed by atoms with Crippen LogP contribution in [0.5, 0.6) is 0 Å². The minimum Gasteiger partial charge on any atom is -0.448 e. The van der Waals surface area contributed by atoms with Crippen molar-refractivity contribution in [1.29, 1.82) is 0 Å². The van der Waals surface area contributed by atoms with Crippen molar-refractivity contribution < 1.29 is 19.1 Å². The van der Waals surface area contributed by atoms with Crippen LogP contribution in [0, 0.1) is 0 Å². The third-order valence-electron chi connectivity index (χ3n) is 3.42. The minimum absolute atomic E-state index is 0.283. The fourth-order valence-electron chi connectivity index (χ4n) is 2.19. The van der Waals surface area contributed by atoms with Crippen LogP contribution in [0.1, 0.15) is 16.6 Å². The van der Waals surface area contributed by atoms with E-state index in [1.807, 2.05) is 19.0 Å². The number of nitrogens with one attached hydrogen (secondary N) is 1. The third-order valence-corrected chi connectivity index (χ3v) is 5.72. The number of thiazole rings is 1. The lowest BCUT2D eigenvalue weighted by atomic mass is 10.3. The van der Waals surface area contributed by atoms with Crippen molar-refractivity contribution in [2.24, 2.45) is 0 Å². The quantitative estimate of drug-likeness (QED) is 0.823. The number of hydrogen-bond donors (Lipinski definition) is 1. The molecule has 1 fully saturated rings. The van der Waals surface area contributed by atoms with Crippen LogP contribution >= 0.6 is 22.7 Å². The van der Waals surface area contributed by atoms with Crippen molar-refractivity contribution in [1.82, 2.24) is 15.2 Å². The fraction of sp³-hybridized carbons (Fsp3) is 0.429. The number of anilines is 1. The standard InChI is InChI=1S/C14H16N4O4S2/c1-7(11(19)18-5-4-15-13(18)21)22-12(20)9-6-8-10(23-9)16-14(24-8)17(2)3/h6-7H,4-5H2,1-3H3,(H,15,21). The maximum absolute atomic E-state index is 12.2. The highest BCUT2D eigenvalue weighted by Crippen LogP contribution is 2.34. The van der Waals surface area contributed by atoms with Gasteiger partial charge in [-0.2, -0.15) is 0 Å². The molecule has 2 aromatic rings. The van der Waals surface area contributed by atoms with E-state index in [9.17, 15) is 14.4 Å². The van der Waals surface area contributed by atoms with E-state index in [1.165, 1.54) is 29.6 Å². The molecular formula is C14H16N4O4S2. The highest BCUT2D eigenvalue weighted by atomic mass is 32.1. The molecule has 0 aliphatic carbocycles. The number of imide groups is 1. The molecule has 10 heteroatoms. The van der Waals surface area contributed by atoms with Gasteiger partial charge in [0.05, 0.1) is 4.70 Å². The number of carbonyl (C=O) groups excluding carboxylic acids is 3. The molecule has 1 atom stereocenters. The molecule has 1 aliphatic rings. The number of urea groups is 1. The second-order valence-corrected chi connectivity index (χ2v) is 7.48. The second kappa shape index (κ2) is 6.36. The number of esters is 1. The number of carbonyl (C=O) groups is 3. The van der Waals surface area contributed by atoms with Gasteiger partial charge < -0.3 is 15.0 Å². The first kappa shape index (κ1) is 16.7. The largest absolute Gasteiger partial charge is 0.448 e. The summed E-state index contributed by atoms with van der Waals surface area (Å²) in [4.78, 5) is 44.4. The molecule has 0 saturated carbocycles. The van der Waals surface area contributed by atoms with Gasteiger partial charge in [0, 0.05) is 27.2 Å². The van der Waals surface area contributed by atoms with Gasteiger partial charge in [-0.3, -0.25) is 9.69 Å². The van der Waals surface area contributed by atoms with Crippen LogP contribution in [0.2, 0.25) is 0 Å². The van der Waals surface area contributed by atoms with E-state index >= 15 is 0 Å². The predicted molar refractivity (Wildman–Crippen MR) is 91.8 cm³/mol. The summed E-state index contributed by atoms with van der Waals surface area (Å²) in [6.45, 7) is 2.15. The summed E-state index contributed by atoms with van der Waals surface area (Å²) in [5.74, 6) is -1.11. The first-order valence-corrected chi connectivity index (χ1v) is 8.88. The number of ether oxygens (including phenoxy) is 1. The zero-order valence-electron chi connectivity index (χ0n) is 13.4. The van der Waals surface area contributed by atoms with Gasteiger partial charge >= 0.3 is 12.0 Å². The van der Waals surface area contributed by atoms with Crippen LogP contribution in [0.25, 0.3) is 9.53 Å². The first-order chi connectivity index (χ1) is 11.4. The molecule has 3 amide bonds. The Balaban J connectivity index is 1.68. The van der Waals surface area contributed by atoms with Gasteiger partial charge in [0.15, 0.2) is 11.2 Å². The summed E-state index contributed by atoms with van der Waals surface area (Å²) in [6, 6.07) is 1.26. The van der Waals surface area contributed by atoms with E-state index in [0.717, 1.165) is 19.6 Å². The number of fused-ring (bicyclic) bond motifs is 1. The molecule has 0 spiro atoms. The molecule has 0 aromatic carbocycles. The van der Waals surface area contributed by atoms with Gasteiger partial charge in [-0.05, 0) is 13.0 Å². The predicted octanol–water partition coefficient (Wildman–Crippen LogP) is 1.52. The highest BCUT2D eigenvalue weighted by Gasteiger charge is 2.32. The molecule has 8 nitrogen and oxygen atoms in total. The molecule has 0 radical (unpaired) electrons. The number of hydrogen-bond acceptors (Lipinski definition) is 8. The average molecular weight is 368 g/mol. The third kappa shape index (κ3) is 3.06. The SMILES string of the molecule is CC(OC(=O)c1cc2sc(N(C)C)nc2s1)C(=O)N1CCNC1=O. The lowest BCUT2D eigenvalue weighted by Gasteiger charge is -2.17. The Morgan fingerprint density at radius 2 is 2.17 bits per heavy atom. The average Bonchev–Trinajstić information content (AvgIpc) is 3.19. The molecule has 1 unspecified atom stereocenters. The van der Waals surface area contributed by atoms with Gasteiger partial charge in [0.1, 0.15) is 9.71 Å². The molecule has 1 N–H and O–H groups in total. The number of thiophene rings is 1. The van der Waals surface area contributed by atoms with E-state index in [4.69, 9.17) is 4.74 Å². The lowest BCUT2D eigenvalue weighted by Crippen LogP contribution is -2.41. The first-order valence-electron chi connectivity index (χ1n) is 7.24. The van der Waals surface area contributed by atoms with Crippen LogP contribution in [-0.4, -0.2) is 61.1 Å². The summed E-state index contributed by atoms with van der Waals surface area (Å²) < 4.78 is 6.10. The monoisotopic (exact) mass is 368 g/mol. The molecule has 24 heavy (non-hydrogen) atoms. The van der Waals surface area contributed by atoms with Crippen molar-refractivity contribution in [3.63, 3.8) is 0 Å². The smallest absolute Gasteiger partial charge is 0.349 e. The summed E-state index contributed by atoms with van der Waals surface area (Å²) in [6.07, 6.45) is -1.02. The number of aromatic nitrogens is 1. The lowest BCUT2D eigenvalue weighted by molar-refractivity contribution is -0.135. The number of nitrogens with zero attached hydrogens (tertiary/aromatic N) is 3. The van der Waals surface area contributed by atoms with E-state index in [1.54, 1.807) is 6.07 Å². The van der Waals surface area contributed by atoms with Crippen LogP contribution in [0.15, 0.2) is 6.07 Å². The second-order valence-electron chi connectivity index (χ2n) is 5.44. The van der Waals surface area contributed by atoms with Crippen LogP contribution in [-0.2, 0) is 9.53 Å². The van der Waals surface area contributed by atoms with E-state index in [-0.39, 0.29) is 6.54 Å². The van der Waals surface area contributed by atoms with Crippen LogP contribution in [0.4, 0.5) is 9.93 Å². The topological polar surface area (TPSA) is 91.8 Å². The Morgan fingerprint density at radius 1 is 1.42 bits per heavy atom. The van der Waals surface area contributed by atoms with Gasteiger partial charge in [0.25, 0.3) is 5.91 Å². The van der Waals surface area contributed by atoms with Crippen molar-refractivity contribution in [2.45, 2.75) is 13.0 Å². The van der Waals surface area contributed by atoms with E-state index in [2.05, 4.69) is 10.3 Å². The van der Waals surface area contributed by atoms with Gasteiger partial charge in [-0.15, -0.1) is 11.3 Å². The minimum atomic E-state index is -1.02. The molecule has 1 aliphatic heterocycles. The number of rotatable bonds is 4. The summed E-state index contributed by atoms with van der Waals surface area (Å²) in [5.41, 5.74) is 0. The highest BCUT2D eigenvalue weighted by molar-refractivity contribution is 7.29. The molecule has 3 rings (SSSR count). The molecule has 3 heterocycles. The van der Waals surface area contributed by atoms with Crippen molar-refractivity contribution >= 4 is 55.2 Å². The van der Waals surface area contributed by atoms with Crippen LogP contribution < -0.4 is 10.2 Å². The Labute approximate surface area is 146 Å². The zero-order valence-corrected chi connectivity index (χ0v) is 15.0. The summed E-state index contributed by atoms with van der Waals surface area (Å²) in [7, 11) is 3.80. The Hall–Kier alpha value is -2.20. The van der Waals surface area contributed by atoms with Crippen molar-refractivity contribution in [3.05, 3.63) is 10.9 Å². The molecule has 1 saturated heterocycles. The molecular weight excluding hydrogens is 352 g/mol. The maximum atomic E-state index is 12.2. The Kier molecular flexibility index (Phi) is 4.41. The van der Waals surface area contributed by atoms with Crippen molar-refractivity contribution in [3.8, 4) is 0 Å². The Bertz CT molecular complexity index is 781. The molecule has 2 aromatic heterocycles. The normalized spacial score (nSPS) is 15.5. The molecule has 0 bridgehead atoms. The van der Waals surface area contributed by atoms with Crippen molar-refractivity contribution in [2.75, 3.05) is 32.1 Å². The van der Waals surface area contributed by atoms with E-state index in [0.29, 0.717) is 11.4 Å². The number of amides is 3. The summed E-state index contributed by atoms with van der Waals surface area (Å²) in [5, 5.41) is 3.40. The fourth-order valence-corrected chi connectivity index (χ4v) is 4.20. The van der Waals surface area contributed by atoms with Gasteiger partial charge in [-0.25, -0.2) is 14.6 Å². The van der Waals surface area contributed by atoms with Crippen LogP contribution in [0.3, 0.4) is 0 Å². The van der Waals surface area contributed by atoms with Gasteiger partial charge in [0.2, 0.25) is 0 Å².